The monoisotopic (exact) mass is 434 g/mol. The molecule has 1 heterocycles. The number of hydrogen-bond acceptors (Lipinski definition) is 6. The Morgan fingerprint density at radius 3 is 0.912 bits per heavy atom. The van der Waals surface area contributed by atoms with E-state index >= 15 is 0 Å². The van der Waals surface area contributed by atoms with Crippen molar-refractivity contribution < 1.29 is 0 Å². The summed E-state index contributed by atoms with van der Waals surface area (Å²) < 4.78 is 0. The van der Waals surface area contributed by atoms with Gasteiger partial charge in [-0.25, -0.2) is 0 Å². The second-order valence-electron chi connectivity index (χ2n) is 7.63. The second kappa shape index (κ2) is 8.18. The lowest BCUT2D eigenvalue weighted by Crippen LogP contribution is -2.24. The lowest BCUT2D eigenvalue weighted by molar-refractivity contribution is 1.16. The Bertz CT molecular complexity index is 1390. The SMILES string of the molecule is N#Cc1cc(C#N)cc(N2c3ccccc3N(c3cc(C#N)cc(C#N)c3)c3ccccc32)c1. The summed E-state index contributed by atoms with van der Waals surface area (Å²) >= 11 is 0. The van der Waals surface area contributed by atoms with Crippen molar-refractivity contribution in [3.63, 3.8) is 0 Å². The Kier molecular flexibility index (Phi) is 4.89. The maximum Gasteiger partial charge on any atom is 0.0992 e. The van der Waals surface area contributed by atoms with Gasteiger partial charge in [0.1, 0.15) is 0 Å². The van der Waals surface area contributed by atoms with Gasteiger partial charge in [-0.3, -0.25) is 0 Å². The molecule has 6 heteroatoms. The minimum Gasteiger partial charge on any atom is -0.306 e. The summed E-state index contributed by atoms with van der Waals surface area (Å²) in [6, 6.07) is 34.2. The Morgan fingerprint density at radius 2 is 0.676 bits per heavy atom. The highest BCUT2D eigenvalue weighted by Gasteiger charge is 2.30. The van der Waals surface area contributed by atoms with E-state index in [1.54, 1.807) is 36.4 Å². The molecular weight excluding hydrogens is 420 g/mol. The van der Waals surface area contributed by atoms with Gasteiger partial charge in [0.15, 0.2) is 0 Å². The van der Waals surface area contributed by atoms with Gasteiger partial charge in [0, 0.05) is 11.4 Å². The fourth-order valence-electron chi connectivity index (χ4n) is 4.24. The molecule has 0 atom stereocenters. The van der Waals surface area contributed by atoms with Gasteiger partial charge in [0.2, 0.25) is 0 Å². The van der Waals surface area contributed by atoms with Crippen LogP contribution < -0.4 is 9.80 Å². The van der Waals surface area contributed by atoms with Crippen LogP contribution in [-0.4, -0.2) is 0 Å². The summed E-state index contributed by atoms with van der Waals surface area (Å²) in [5.74, 6) is 0. The van der Waals surface area contributed by atoms with Gasteiger partial charge in [-0.05, 0) is 60.7 Å². The maximum atomic E-state index is 9.52. The van der Waals surface area contributed by atoms with Crippen LogP contribution in [0.5, 0.6) is 0 Å². The van der Waals surface area contributed by atoms with E-state index in [2.05, 4.69) is 24.3 Å². The van der Waals surface area contributed by atoms with Crippen molar-refractivity contribution in [2.24, 2.45) is 0 Å². The summed E-state index contributed by atoms with van der Waals surface area (Å²) in [6.07, 6.45) is 0. The molecule has 0 saturated heterocycles. The quantitative estimate of drug-likeness (QED) is 0.317. The molecule has 156 valence electrons. The molecule has 0 saturated carbocycles. The molecule has 0 unspecified atom stereocenters. The Hall–Kier alpha value is -5.56. The first-order chi connectivity index (χ1) is 16.7. The molecule has 0 aliphatic carbocycles. The van der Waals surface area contributed by atoms with Crippen molar-refractivity contribution in [1.82, 2.24) is 0 Å². The third-order valence-electron chi connectivity index (χ3n) is 5.60. The van der Waals surface area contributed by atoms with Crippen LogP contribution in [0.15, 0.2) is 84.9 Å². The average Bonchev–Trinajstić information content (AvgIpc) is 2.90. The van der Waals surface area contributed by atoms with E-state index in [1.165, 1.54) is 0 Å². The van der Waals surface area contributed by atoms with E-state index in [0.29, 0.717) is 33.6 Å². The number of nitrogens with zero attached hydrogens (tertiary/aromatic N) is 6. The van der Waals surface area contributed by atoms with Crippen LogP contribution in [0.4, 0.5) is 34.1 Å². The highest BCUT2D eigenvalue weighted by atomic mass is 15.3. The van der Waals surface area contributed by atoms with E-state index in [4.69, 9.17) is 0 Å². The summed E-state index contributed by atoms with van der Waals surface area (Å²) in [7, 11) is 0. The van der Waals surface area contributed by atoms with Crippen molar-refractivity contribution in [1.29, 1.82) is 21.0 Å². The van der Waals surface area contributed by atoms with Crippen LogP contribution in [0, 0.1) is 45.3 Å². The number of anilines is 6. The predicted molar refractivity (Wildman–Crippen MR) is 128 cm³/mol. The second-order valence-corrected chi connectivity index (χ2v) is 7.63. The minimum atomic E-state index is 0.395. The molecule has 1 aliphatic rings. The van der Waals surface area contributed by atoms with Gasteiger partial charge in [0.05, 0.1) is 69.3 Å². The number of nitriles is 4. The van der Waals surface area contributed by atoms with Crippen molar-refractivity contribution in [2.45, 2.75) is 0 Å². The largest absolute Gasteiger partial charge is 0.306 e. The highest BCUT2D eigenvalue weighted by molar-refractivity contribution is 6.01. The Balaban J connectivity index is 1.81. The molecule has 0 radical (unpaired) electrons. The zero-order chi connectivity index (χ0) is 23.7. The molecule has 5 rings (SSSR count). The topological polar surface area (TPSA) is 102 Å². The van der Waals surface area contributed by atoms with Crippen LogP contribution in [0.1, 0.15) is 22.3 Å². The van der Waals surface area contributed by atoms with Gasteiger partial charge in [-0.1, -0.05) is 24.3 Å². The van der Waals surface area contributed by atoms with E-state index in [-0.39, 0.29) is 0 Å². The van der Waals surface area contributed by atoms with Gasteiger partial charge in [-0.2, -0.15) is 21.0 Å². The molecule has 0 fully saturated rings. The van der Waals surface area contributed by atoms with Crippen LogP contribution in [-0.2, 0) is 0 Å². The number of benzene rings is 4. The van der Waals surface area contributed by atoms with Crippen LogP contribution in [0.3, 0.4) is 0 Å². The summed E-state index contributed by atoms with van der Waals surface area (Å²) in [5.41, 5.74) is 6.30. The first-order valence-corrected chi connectivity index (χ1v) is 10.4. The van der Waals surface area contributed by atoms with E-state index in [0.717, 1.165) is 22.7 Å². The summed E-state index contributed by atoms with van der Waals surface area (Å²) in [4.78, 5) is 4.03. The molecule has 6 nitrogen and oxygen atoms in total. The third kappa shape index (κ3) is 3.26. The summed E-state index contributed by atoms with van der Waals surface area (Å²) in [6.45, 7) is 0. The number of rotatable bonds is 2. The molecule has 0 bridgehead atoms. The molecule has 4 aromatic rings. The summed E-state index contributed by atoms with van der Waals surface area (Å²) in [5, 5.41) is 38.1. The zero-order valence-corrected chi connectivity index (χ0v) is 17.8. The molecule has 0 N–H and O–H groups in total. The first kappa shape index (κ1) is 20.3. The van der Waals surface area contributed by atoms with Gasteiger partial charge in [-0.15, -0.1) is 0 Å². The van der Waals surface area contributed by atoms with Gasteiger partial charge in [0.25, 0.3) is 0 Å². The molecule has 0 amide bonds. The Labute approximate surface area is 196 Å². The average molecular weight is 434 g/mol. The zero-order valence-electron chi connectivity index (χ0n) is 17.8. The van der Waals surface area contributed by atoms with Crippen LogP contribution in [0.2, 0.25) is 0 Å². The number of hydrogen-bond donors (Lipinski definition) is 0. The third-order valence-corrected chi connectivity index (χ3v) is 5.60. The lowest BCUT2D eigenvalue weighted by atomic mass is 10.0. The molecular formula is C28H14N6. The molecule has 1 aliphatic heterocycles. The van der Waals surface area contributed by atoms with Crippen molar-refractivity contribution in [2.75, 3.05) is 9.80 Å². The van der Waals surface area contributed by atoms with Gasteiger partial charge < -0.3 is 9.80 Å². The van der Waals surface area contributed by atoms with Crippen LogP contribution in [0.25, 0.3) is 0 Å². The normalized spacial score (nSPS) is 11.3. The number of para-hydroxylation sites is 4. The smallest absolute Gasteiger partial charge is 0.0992 e. The van der Waals surface area contributed by atoms with Gasteiger partial charge >= 0.3 is 0 Å². The minimum absolute atomic E-state index is 0.395. The van der Waals surface area contributed by atoms with Crippen molar-refractivity contribution >= 4 is 34.1 Å². The fraction of sp³-hybridized carbons (Fsp3) is 0. The molecule has 0 aromatic heterocycles. The molecule has 34 heavy (non-hydrogen) atoms. The van der Waals surface area contributed by atoms with E-state index < -0.39 is 0 Å². The molecule has 0 spiro atoms. The van der Waals surface area contributed by atoms with Crippen LogP contribution >= 0.6 is 0 Å². The standard InChI is InChI=1S/C28H14N6/c29-15-19-9-20(16-30)12-23(11-19)33-25-5-1-2-6-26(25)34(28-8-4-3-7-27(28)33)24-13-21(17-31)10-22(14-24)18-32/h1-14H. The van der Waals surface area contributed by atoms with E-state index in [1.807, 2.05) is 58.3 Å². The van der Waals surface area contributed by atoms with Crippen molar-refractivity contribution in [3.8, 4) is 24.3 Å². The van der Waals surface area contributed by atoms with Crippen molar-refractivity contribution in [3.05, 3.63) is 107 Å². The fourth-order valence-corrected chi connectivity index (χ4v) is 4.24. The number of fused-ring (bicyclic) bond motifs is 2. The molecule has 4 aromatic carbocycles. The first-order valence-electron chi connectivity index (χ1n) is 10.4. The predicted octanol–water partition coefficient (Wildman–Crippen LogP) is 6.43. The van der Waals surface area contributed by atoms with E-state index in [9.17, 15) is 21.0 Å². The maximum absolute atomic E-state index is 9.52. The lowest BCUT2D eigenvalue weighted by Gasteiger charge is -2.40. The Morgan fingerprint density at radius 1 is 0.412 bits per heavy atom. The highest BCUT2D eigenvalue weighted by Crippen LogP contribution is 2.54.